The van der Waals surface area contributed by atoms with Crippen LogP contribution < -0.4 is 0 Å². The van der Waals surface area contributed by atoms with Gasteiger partial charge in [-0.1, -0.05) is 0 Å². The van der Waals surface area contributed by atoms with Crippen molar-refractivity contribution >= 4 is 14.5 Å². The van der Waals surface area contributed by atoms with Crippen LogP contribution in [-0.4, -0.2) is 31.3 Å². The topological polar surface area (TPSA) is 128 Å². The van der Waals surface area contributed by atoms with Crippen LogP contribution in [-0.2, 0) is 11.2 Å². The standard InChI is InChI=1S/C8H9NO3.H3O3P/c1-5-8(12)7(4-11)6(3-10)2-9-5;1-4(2)3/h2,4,10,12H,3H2,1H3;4H,(H2,1,2,3). The molecule has 0 saturated carbocycles. The molecule has 8 heteroatoms. The normalized spacial score (nSPS) is 9.56. The third-order valence-corrected chi connectivity index (χ3v) is 1.65. The number of pyridine rings is 1. The Bertz CT molecular complexity index is 390. The van der Waals surface area contributed by atoms with Gasteiger partial charge in [0.2, 0.25) is 0 Å². The van der Waals surface area contributed by atoms with Crippen molar-refractivity contribution in [3.8, 4) is 5.75 Å². The number of aromatic nitrogens is 1. The molecule has 0 amide bonds. The van der Waals surface area contributed by atoms with Crippen LogP contribution in [0.1, 0.15) is 21.6 Å². The summed E-state index contributed by atoms with van der Waals surface area (Å²) in [4.78, 5) is 28.6. The van der Waals surface area contributed by atoms with Crippen molar-refractivity contribution in [1.82, 2.24) is 4.98 Å². The summed E-state index contributed by atoms with van der Waals surface area (Å²) < 4.78 is 8.74. The highest BCUT2D eigenvalue weighted by Crippen LogP contribution is 2.21. The van der Waals surface area contributed by atoms with Crippen LogP contribution in [0.4, 0.5) is 0 Å². The maximum absolute atomic E-state index is 10.5. The van der Waals surface area contributed by atoms with Crippen molar-refractivity contribution < 1.29 is 29.4 Å². The van der Waals surface area contributed by atoms with Gasteiger partial charge in [0.05, 0.1) is 17.9 Å². The lowest BCUT2D eigenvalue weighted by Crippen LogP contribution is -1.96. The van der Waals surface area contributed by atoms with Crippen LogP contribution in [0, 0.1) is 6.92 Å². The minimum atomic E-state index is -3.13. The number of carbonyl (C=O) groups is 1. The van der Waals surface area contributed by atoms with Gasteiger partial charge in [0.25, 0.3) is 0 Å². The van der Waals surface area contributed by atoms with Crippen molar-refractivity contribution in [3.63, 3.8) is 0 Å². The van der Waals surface area contributed by atoms with Gasteiger partial charge in [-0.2, -0.15) is 0 Å². The van der Waals surface area contributed by atoms with Gasteiger partial charge in [-0.3, -0.25) is 14.3 Å². The van der Waals surface area contributed by atoms with Crippen LogP contribution in [0.15, 0.2) is 6.20 Å². The van der Waals surface area contributed by atoms with Gasteiger partial charge in [-0.25, -0.2) is 0 Å². The summed E-state index contributed by atoms with van der Waals surface area (Å²) >= 11 is 0. The Labute approximate surface area is 92.0 Å². The molecule has 0 aliphatic rings. The van der Waals surface area contributed by atoms with E-state index in [2.05, 4.69) is 4.98 Å². The molecule has 1 aromatic heterocycles. The molecule has 90 valence electrons. The molecule has 1 heterocycles. The molecule has 0 aliphatic carbocycles. The number of aliphatic hydroxyl groups is 1. The highest BCUT2D eigenvalue weighted by molar-refractivity contribution is 7.30. The van der Waals surface area contributed by atoms with E-state index in [9.17, 15) is 9.90 Å². The number of carbonyl (C=O) groups excluding carboxylic acids is 1. The van der Waals surface area contributed by atoms with E-state index in [-0.39, 0.29) is 17.9 Å². The lowest BCUT2D eigenvalue weighted by molar-refractivity contribution is 0.111. The van der Waals surface area contributed by atoms with E-state index in [0.29, 0.717) is 17.5 Å². The number of hydrogen-bond acceptors (Lipinski definition) is 5. The van der Waals surface area contributed by atoms with E-state index >= 15 is 0 Å². The average Bonchev–Trinajstić information content (AvgIpc) is 2.21. The molecular formula is C8H12NO6P. The fraction of sp³-hybridized carbons (Fsp3) is 0.250. The van der Waals surface area contributed by atoms with Crippen LogP contribution in [0.3, 0.4) is 0 Å². The Balaban J connectivity index is 0.000000487. The van der Waals surface area contributed by atoms with E-state index in [4.69, 9.17) is 19.5 Å². The SMILES string of the molecule is Cc1ncc(CO)c(C=O)c1O.O=[PH](O)O. The fourth-order valence-electron chi connectivity index (χ4n) is 0.910. The quantitative estimate of drug-likeness (QED) is 0.420. The molecule has 0 atom stereocenters. The molecule has 0 saturated heterocycles. The predicted molar refractivity (Wildman–Crippen MR) is 55.4 cm³/mol. The highest BCUT2D eigenvalue weighted by atomic mass is 31.1. The van der Waals surface area contributed by atoms with E-state index in [1.807, 2.05) is 0 Å². The maximum atomic E-state index is 10.5. The lowest BCUT2D eigenvalue weighted by Gasteiger charge is -2.04. The maximum Gasteiger partial charge on any atom is 0.314 e. The second-order valence-electron chi connectivity index (χ2n) is 2.69. The minimum absolute atomic E-state index is 0.116. The van der Waals surface area contributed by atoms with Gasteiger partial charge >= 0.3 is 8.25 Å². The summed E-state index contributed by atoms with van der Waals surface area (Å²) in [6.45, 7) is 1.29. The van der Waals surface area contributed by atoms with Crippen molar-refractivity contribution in [2.75, 3.05) is 0 Å². The first-order valence-corrected chi connectivity index (χ1v) is 5.39. The van der Waals surface area contributed by atoms with Gasteiger partial charge in [0.1, 0.15) is 5.75 Å². The molecule has 0 aromatic carbocycles. The summed E-state index contributed by atoms with van der Waals surface area (Å²) in [5, 5.41) is 18.1. The zero-order valence-corrected chi connectivity index (χ0v) is 9.41. The molecule has 0 fully saturated rings. The number of aldehydes is 1. The second-order valence-corrected chi connectivity index (χ2v) is 3.25. The molecule has 7 nitrogen and oxygen atoms in total. The Hall–Kier alpha value is -1.27. The molecule has 16 heavy (non-hydrogen) atoms. The first-order chi connectivity index (χ1) is 7.43. The molecular weight excluding hydrogens is 237 g/mol. The minimum Gasteiger partial charge on any atom is -0.505 e. The van der Waals surface area contributed by atoms with Gasteiger partial charge in [-0.15, -0.1) is 0 Å². The lowest BCUT2D eigenvalue weighted by atomic mass is 10.1. The zero-order valence-electron chi connectivity index (χ0n) is 8.41. The first-order valence-electron chi connectivity index (χ1n) is 4.09. The Morgan fingerprint density at radius 1 is 1.50 bits per heavy atom. The van der Waals surface area contributed by atoms with Crippen LogP contribution in [0.5, 0.6) is 5.75 Å². The molecule has 0 spiro atoms. The van der Waals surface area contributed by atoms with Crippen molar-refractivity contribution in [3.05, 3.63) is 23.0 Å². The number of hydrogen-bond donors (Lipinski definition) is 4. The monoisotopic (exact) mass is 249 g/mol. The summed E-state index contributed by atoms with van der Waals surface area (Å²) in [5.41, 5.74) is 0.840. The Morgan fingerprint density at radius 3 is 2.38 bits per heavy atom. The third kappa shape index (κ3) is 4.50. The second kappa shape index (κ2) is 7.08. The van der Waals surface area contributed by atoms with Crippen LogP contribution in [0.25, 0.3) is 0 Å². The molecule has 0 bridgehead atoms. The average molecular weight is 249 g/mol. The number of aromatic hydroxyl groups is 1. The third-order valence-electron chi connectivity index (χ3n) is 1.65. The number of aliphatic hydroxyl groups excluding tert-OH is 1. The summed E-state index contributed by atoms with van der Waals surface area (Å²) in [6, 6.07) is 0. The number of nitrogens with zero attached hydrogens (tertiary/aromatic N) is 1. The summed E-state index contributed by atoms with van der Waals surface area (Å²) in [5.74, 6) is -0.156. The van der Waals surface area contributed by atoms with E-state index in [1.165, 1.54) is 6.20 Å². The predicted octanol–water partition coefficient (Wildman–Crippen LogP) is -0.239. The molecule has 4 N–H and O–H groups in total. The van der Waals surface area contributed by atoms with E-state index in [0.717, 1.165) is 0 Å². The smallest absolute Gasteiger partial charge is 0.314 e. The number of aryl methyl sites for hydroxylation is 1. The summed E-state index contributed by atoms with van der Waals surface area (Å²) in [7, 11) is -3.13. The largest absolute Gasteiger partial charge is 0.505 e. The van der Waals surface area contributed by atoms with Gasteiger partial charge < -0.3 is 20.0 Å². The highest BCUT2D eigenvalue weighted by Gasteiger charge is 2.09. The van der Waals surface area contributed by atoms with Gasteiger partial charge in [0.15, 0.2) is 6.29 Å². The molecule has 1 rings (SSSR count). The van der Waals surface area contributed by atoms with Crippen LogP contribution >= 0.6 is 8.25 Å². The van der Waals surface area contributed by atoms with Crippen molar-refractivity contribution in [2.24, 2.45) is 0 Å². The molecule has 0 radical (unpaired) electrons. The fourth-order valence-corrected chi connectivity index (χ4v) is 0.910. The van der Waals surface area contributed by atoms with Crippen molar-refractivity contribution in [1.29, 1.82) is 0 Å². The van der Waals surface area contributed by atoms with Gasteiger partial charge in [-0.05, 0) is 6.92 Å². The van der Waals surface area contributed by atoms with E-state index < -0.39 is 8.25 Å². The molecule has 1 aromatic rings. The molecule has 0 aliphatic heterocycles. The summed E-state index contributed by atoms with van der Waals surface area (Å²) in [6.07, 6.45) is 1.88. The van der Waals surface area contributed by atoms with E-state index in [1.54, 1.807) is 6.92 Å². The zero-order chi connectivity index (χ0) is 12.7. The van der Waals surface area contributed by atoms with Crippen LogP contribution in [0.2, 0.25) is 0 Å². The Kier molecular flexibility index (Phi) is 6.52. The first kappa shape index (κ1) is 14.7. The molecule has 0 unspecified atom stereocenters. The Morgan fingerprint density at radius 2 is 2.00 bits per heavy atom. The van der Waals surface area contributed by atoms with Gasteiger partial charge in [0, 0.05) is 11.8 Å². The van der Waals surface area contributed by atoms with Crippen molar-refractivity contribution in [2.45, 2.75) is 13.5 Å². The number of rotatable bonds is 2.